The zero-order chi connectivity index (χ0) is 19.2. The molecule has 0 unspecified atom stereocenters. The Bertz CT molecular complexity index is 1200. The van der Waals surface area contributed by atoms with Gasteiger partial charge in [-0.1, -0.05) is 12.1 Å². The van der Waals surface area contributed by atoms with Crippen LogP contribution in [0.5, 0.6) is 0 Å². The lowest BCUT2D eigenvalue weighted by molar-refractivity contribution is -0.117. The molecule has 0 saturated carbocycles. The van der Waals surface area contributed by atoms with Crippen molar-refractivity contribution in [1.29, 1.82) is 0 Å². The van der Waals surface area contributed by atoms with E-state index in [4.69, 9.17) is 4.42 Å². The molecule has 2 aromatic carbocycles. The summed E-state index contributed by atoms with van der Waals surface area (Å²) in [4.78, 5) is 21.1. The number of carbonyl (C=O) groups is 1. The summed E-state index contributed by atoms with van der Waals surface area (Å²) in [6, 6.07) is 10.8. The van der Waals surface area contributed by atoms with Gasteiger partial charge in [0.15, 0.2) is 11.5 Å². The highest BCUT2D eigenvalue weighted by molar-refractivity contribution is 7.90. The Morgan fingerprint density at radius 3 is 2.85 bits per heavy atom. The van der Waals surface area contributed by atoms with E-state index in [1.165, 1.54) is 6.07 Å². The van der Waals surface area contributed by atoms with Crippen molar-refractivity contribution < 1.29 is 17.6 Å². The van der Waals surface area contributed by atoms with Gasteiger partial charge in [0.05, 0.1) is 4.90 Å². The molecule has 1 aliphatic heterocycles. The molecular weight excluding hydrogens is 368 g/mol. The number of nitrogens with zero attached hydrogens (tertiary/aromatic N) is 2. The number of nitrogens with one attached hydrogen (secondary N) is 2. The number of rotatable bonds is 3. The molecule has 0 bridgehead atoms. The van der Waals surface area contributed by atoms with Crippen molar-refractivity contribution in [1.82, 2.24) is 9.71 Å². The molecule has 0 radical (unpaired) electrons. The van der Waals surface area contributed by atoms with Gasteiger partial charge in [0.25, 0.3) is 10.0 Å². The van der Waals surface area contributed by atoms with E-state index in [1.54, 1.807) is 50.2 Å². The van der Waals surface area contributed by atoms with Crippen molar-refractivity contribution in [3.8, 4) is 0 Å². The Labute approximate surface area is 155 Å². The van der Waals surface area contributed by atoms with E-state index >= 15 is 0 Å². The van der Waals surface area contributed by atoms with Crippen molar-refractivity contribution in [3.05, 3.63) is 53.9 Å². The van der Waals surface area contributed by atoms with Gasteiger partial charge in [-0.2, -0.15) is 0 Å². The van der Waals surface area contributed by atoms with E-state index in [2.05, 4.69) is 20.0 Å². The Morgan fingerprint density at radius 1 is 1.26 bits per heavy atom. The Hall–Kier alpha value is -3.20. The molecule has 1 aromatic heterocycles. The van der Waals surface area contributed by atoms with E-state index in [9.17, 15) is 13.2 Å². The third-order valence-electron chi connectivity index (χ3n) is 4.13. The number of fused-ring (bicyclic) bond motifs is 2. The molecule has 138 valence electrons. The number of amidine groups is 1. The second kappa shape index (κ2) is 6.20. The summed E-state index contributed by atoms with van der Waals surface area (Å²) in [5.41, 5.74) is 2.29. The Balaban J connectivity index is 1.56. The van der Waals surface area contributed by atoms with Crippen LogP contribution in [0.2, 0.25) is 0 Å². The largest absolute Gasteiger partial charge is 0.441 e. The van der Waals surface area contributed by atoms with E-state index in [0.717, 1.165) is 0 Å². The number of amides is 1. The molecule has 1 amide bonds. The van der Waals surface area contributed by atoms with Gasteiger partial charge < -0.3 is 9.73 Å². The van der Waals surface area contributed by atoms with Gasteiger partial charge >= 0.3 is 0 Å². The van der Waals surface area contributed by atoms with Gasteiger partial charge in [0.2, 0.25) is 5.91 Å². The van der Waals surface area contributed by atoms with Crippen molar-refractivity contribution in [2.24, 2.45) is 4.99 Å². The molecule has 9 heteroatoms. The van der Waals surface area contributed by atoms with Crippen LogP contribution in [-0.2, 0) is 14.8 Å². The number of oxazole rings is 1. The summed E-state index contributed by atoms with van der Waals surface area (Å²) in [6.45, 7) is 3.34. The van der Waals surface area contributed by atoms with Gasteiger partial charge in [-0.15, -0.1) is 0 Å². The third kappa shape index (κ3) is 3.17. The van der Waals surface area contributed by atoms with Gasteiger partial charge in [0.1, 0.15) is 17.4 Å². The molecule has 0 spiro atoms. The topological polar surface area (TPSA) is 114 Å². The first-order chi connectivity index (χ1) is 12.8. The molecule has 2 N–H and O–H groups in total. The predicted octanol–water partition coefficient (Wildman–Crippen LogP) is 2.20. The van der Waals surface area contributed by atoms with E-state index in [1.807, 2.05) is 0 Å². The minimum atomic E-state index is -3.64. The smallest absolute Gasteiger partial charge is 0.263 e. The van der Waals surface area contributed by atoms with Crippen molar-refractivity contribution in [2.75, 3.05) is 5.32 Å². The van der Waals surface area contributed by atoms with Crippen LogP contribution in [0.25, 0.3) is 11.1 Å². The molecule has 1 atom stereocenters. The van der Waals surface area contributed by atoms with Crippen LogP contribution in [0.3, 0.4) is 0 Å². The average Bonchev–Trinajstić information content (AvgIpc) is 3.11. The standard InChI is InChI=1S/C18H16N4O4S/c1-10(19-17-13-5-3-4-6-16(13)27(24,25)22-17)18(23)21-12-7-8-15-14(9-12)20-11(2)26-15/h3-10H,1-2H3,(H,19,22)(H,21,23)/t10-/m0/s1. The first-order valence-electron chi connectivity index (χ1n) is 8.21. The highest BCUT2D eigenvalue weighted by atomic mass is 32.2. The lowest BCUT2D eigenvalue weighted by atomic mass is 10.2. The number of carbonyl (C=O) groups excluding carboxylic acids is 1. The molecule has 4 rings (SSSR count). The highest BCUT2D eigenvalue weighted by Gasteiger charge is 2.31. The number of hydrogen-bond donors (Lipinski definition) is 2. The lowest BCUT2D eigenvalue weighted by Gasteiger charge is -2.09. The van der Waals surface area contributed by atoms with Crippen molar-refractivity contribution in [2.45, 2.75) is 24.8 Å². The molecule has 27 heavy (non-hydrogen) atoms. The summed E-state index contributed by atoms with van der Waals surface area (Å²) in [5.74, 6) is 0.335. The number of hydrogen-bond acceptors (Lipinski definition) is 6. The third-order valence-corrected chi connectivity index (χ3v) is 5.52. The molecule has 8 nitrogen and oxygen atoms in total. The first-order valence-corrected chi connectivity index (χ1v) is 9.70. The summed E-state index contributed by atoms with van der Waals surface area (Å²) in [7, 11) is -3.64. The second-order valence-corrected chi connectivity index (χ2v) is 7.81. The summed E-state index contributed by atoms with van der Waals surface area (Å²) in [6.07, 6.45) is 0. The van der Waals surface area contributed by atoms with Crippen LogP contribution in [0.15, 0.2) is 56.8 Å². The zero-order valence-electron chi connectivity index (χ0n) is 14.6. The van der Waals surface area contributed by atoms with Crippen LogP contribution in [0, 0.1) is 6.92 Å². The summed E-state index contributed by atoms with van der Waals surface area (Å²) < 4.78 is 32.0. The fourth-order valence-corrected chi connectivity index (χ4v) is 4.09. The Kier molecular flexibility index (Phi) is 3.96. The summed E-state index contributed by atoms with van der Waals surface area (Å²) in [5, 5.41) is 2.76. The highest BCUT2D eigenvalue weighted by Crippen LogP contribution is 2.23. The zero-order valence-corrected chi connectivity index (χ0v) is 15.4. The molecule has 0 saturated heterocycles. The quantitative estimate of drug-likeness (QED) is 0.719. The van der Waals surface area contributed by atoms with Crippen LogP contribution in [0.4, 0.5) is 5.69 Å². The van der Waals surface area contributed by atoms with E-state index < -0.39 is 16.1 Å². The minimum absolute atomic E-state index is 0.156. The maximum absolute atomic E-state index is 12.5. The van der Waals surface area contributed by atoms with Gasteiger partial charge in [-0.3, -0.25) is 14.5 Å². The number of anilines is 1. The molecule has 2 heterocycles. The second-order valence-electron chi connectivity index (χ2n) is 6.16. The number of benzene rings is 2. The first kappa shape index (κ1) is 17.2. The lowest BCUT2D eigenvalue weighted by Crippen LogP contribution is -2.28. The fourth-order valence-electron chi connectivity index (χ4n) is 2.85. The van der Waals surface area contributed by atoms with Crippen molar-refractivity contribution >= 4 is 38.6 Å². The molecule has 3 aromatic rings. The minimum Gasteiger partial charge on any atom is -0.441 e. The average molecular weight is 384 g/mol. The van der Waals surface area contributed by atoms with Crippen LogP contribution in [0.1, 0.15) is 18.4 Å². The monoisotopic (exact) mass is 384 g/mol. The molecular formula is C18H16N4O4S. The van der Waals surface area contributed by atoms with Crippen LogP contribution < -0.4 is 10.0 Å². The van der Waals surface area contributed by atoms with Crippen LogP contribution in [-0.4, -0.2) is 31.2 Å². The van der Waals surface area contributed by atoms with Crippen molar-refractivity contribution in [3.63, 3.8) is 0 Å². The molecule has 1 aliphatic rings. The van der Waals surface area contributed by atoms with Crippen LogP contribution >= 0.6 is 0 Å². The number of sulfonamides is 1. The normalized spacial score (nSPS) is 17.5. The van der Waals surface area contributed by atoms with Gasteiger partial charge in [-0.05, 0) is 37.3 Å². The van der Waals surface area contributed by atoms with Gasteiger partial charge in [0, 0.05) is 18.2 Å². The maximum Gasteiger partial charge on any atom is 0.263 e. The Morgan fingerprint density at radius 2 is 2.04 bits per heavy atom. The maximum atomic E-state index is 12.5. The molecule has 0 fully saturated rings. The summed E-state index contributed by atoms with van der Waals surface area (Å²) >= 11 is 0. The van der Waals surface area contributed by atoms with Gasteiger partial charge in [-0.25, -0.2) is 13.4 Å². The van der Waals surface area contributed by atoms with E-state index in [-0.39, 0.29) is 16.6 Å². The fraction of sp³-hybridized carbons (Fsp3) is 0.167. The number of aromatic nitrogens is 1. The number of aliphatic imine (C=N–C) groups is 1. The number of aryl methyl sites for hydroxylation is 1. The SMILES string of the molecule is Cc1nc2cc(NC(=O)[C@H](C)N=C3NS(=O)(=O)c4ccccc43)ccc2o1. The molecule has 0 aliphatic carbocycles. The van der Waals surface area contributed by atoms with E-state index in [0.29, 0.717) is 28.2 Å². The predicted molar refractivity (Wildman–Crippen MR) is 100 cm³/mol.